The number of alkyl halides is 3. The summed E-state index contributed by atoms with van der Waals surface area (Å²) in [7, 11) is 1.30. The smallest absolute Gasteiger partial charge is 0.416 e. The number of hydrogen-bond donors (Lipinski definition) is 0. The van der Waals surface area contributed by atoms with Crippen LogP contribution in [0.15, 0.2) is 36.4 Å². The molecule has 0 saturated heterocycles. The van der Waals surface area contributed by atoms with Gasteiger partial charge in [0.25, 0.3) is 0 Å². The molecule has 0 spiro atoms. The van der Waals surface area contributed by atoms with Crippen LogP contribution in [0.2, 0.25) is 5.02 Å². The second kappa shape index (κ2) is 7.45. The maximum absolute atomic E-state index is 12.7. The lowest BCUT2D eigenvalue weighted by Gasteiger charge is -2.12. The maximum Gasteiger partial charge on any atom is 0.416 e. The monoisotopic (exact) mass is 369 g/mol. The molecule has 0 saturated carbocycles. The van der Waals surface area contributed by atoms with Gasteiger partial charge in [-0.25, -0.2) is 0 Å². The van der Waals surface area contributed by atoms with Crippen LogP contribution in [-0.4, -0.2) is 13.1 Å². The third kappa shape index (κ3) is 4.64. The molecule has 0 bridgehead atoms. The summed E-state index contributed by atoms with van der Waals surface area (Å²) in [4.78, 5) is 12.0. The van der Waals surface area contributed by atoms with Gasteiger partial charge in [-0.15, -0.1) is 0 Å². The molecule has 25 heavy (non-hydrogen) atoms. The molecule has 0 amide bonds. The zero-order valence-electron chi connectivity index (χ0n) is 12.9. The molecule has 0 fully saturated rings. The van der Waals surface area contributed by atoms with Crippen LogP contribution < -0.4 is 9.47 Å². The molecular formula is C17H11ClF3NO3. The van der Waals surface area contributed by atoms with Crippen molar-refractivity contribution in [1.29, 1.82) is 5.26 Å². The second-order valence-corrected chi connectivity index (χ2v) is 5.36. The molecule has 2 aromatic rings. The van der Waals surface area contributed by atoms with Crippen molar-refractivity contribution < 1.29 is 27.4 Å². The molecule has 8 heteroatoms. The Morgan fingerprint density at radius 2 is 2.00 bits per heavy atom. The number of methoxy groups -OCH3 is 1. The van der Waals surface area contributed by atoms with E-state index in [4.69, 9.17) is 26.3 Å². The summed E-state index contributed by atoms with van der Waals surface area (Å²) in [5.41, 5.74) is -0.505. The van der Waals surface area contributed by atoms with Gasteiger partial charge in [0, 0.05) is 6.07 Å². The van der Waals surface area contributed by atoms with Crippen LogP contribution in [0.3, 0.4) is 0 Å². The van der Waals surface area contributed by atoms with Crippen molar-refractivity contribution in [3.63, 3.8) is 0 Å². The predicted octanol–water partition coefficient (Wildman–Crippen LogP) is 4.39. The number of hydrogen-bond acceptors (Lipinski definition) is 4. The standard InChI is InChI=1S/C17H11ClF3NO3/c1-24-14-7-11(9-22)6-13(18)16(14)25-15(23)8-10-3-2-4-12(5-10)17(19,20)21/h2-7H,8H2,1H3. The predicted molar refractivity (Wildman–Crippen MR) is 83.5 cm³/mol. The number of nitriles is 1. The Kier molecular flexibility index (Phi) is 5.55. The second-order valence-electron chi connectivity index (χ2n) is 4.95. The Morgan fingerprint density at radius 3 is 2.60 bits per heavy atom. The first-order chi connectivity index (χ1) is 11.7. The number of rotatable bonds is 4. The lowest BCUT2D eigenvalue weighted by atomic mass is 10.1. The minimum absolute atomic E-state index is 0.0201. The van der Waals surface area contributed by atoms with Gasteiger partial charge in [-0.2, -0.15) is 18.4 Å². The van der Waals surface area contributed by atoms with Gasteiger partial charge in [0.05, 0.1) is 35.7 Å². The normalized spacial score (nSPS) is 10.9. The number of ether oxygens (including phenoxy) is 2. The molecule has 0 heterocycles. The fourth-order valence-electron chi connectivity index (χ4n) is 2.06. The lowest BCUT2D eigenvalue weighted by Crippen LogP contribution is -2.13. The number of carbonyl (C=O) groups is 1. The first kappa shape index (κ1) is 18.6. The quantitative estimate of drug-likeness (QED) is 0.592. The molecule has 0 aliphatic heterocycles. The molecule has 2 aromatic carbocycles. The number of benzene rings is 2. The molecule has 0 aliphatic carbocycles. The summed E-state index contributed by atoms with van der Waals surface area (Å²) in [6.45, 7) is 0. The Bertz CT molecular complexity index is 844. The van der Waals surface area contributed by atoms with Crippen molar-refractivity contribution in [1.82, 2.24) is 0 Å². The minimum Gasteiger partial charge on any atom is -0.493 e. The Balaban J connectivity index is 2.20. The molecule has 4 nitrogen and oxygen atoms in total. The van der Waals surface area contributed by atoms with Gasteiger partial charge in [-0.3, -0.25) is 4.79 Å². The van der Waals surface area contributed by atoms with E-state index in [1.54, 1.807) is 0 Å². The largest absolute Gasteiger partial charge is 0.493 e. The van der Waals surface area contributed by atoms with Crippen LogP contribution >= 0.6 is 11.6 Å². The van der Waals surface area contributed by atoms with E-state index >= 15 is 0 Å². The maximum atomic E-state index is 12.7. The number of halogens is 4. The average molecular weight is 370 g/mol. The summed E-state index contributed by atoms with van der Waals surface area (Å²) in [6.07, 6.45) is -4.89. The third-order valence-electron chi connectivity index (χ3n) is 3.18. The van der Waals surface area contributed by atoms with Crippen molar-refractivity contribution in [2.45, 2.75) is 12.6 Å². The minimum atomic E-state index is -4.50. The van der Waals surface area contributed by atoms with Crippen molar-refractivity contribution in [3.05, 3.63) is 58.1 Å². The molecule has 2 rings (SSSR count). The van der Waals surface area contributed by atoms with Gasteiger partial charge < -0.3 is 9.47 Å². The molecular weight excluding hydrogens is 359 g/mol. The van der Waals surface area contributed by atoms with Gasteiger partial charge in [-0.1, -0.05) is 29.8 Å². The number of esters is 1. The van der Waals surface area contributed by atoms with E-state index in [1.807, 2.05) is 6.07 Å². The fraction of sp³-hybridized carbons (Fsp3) is 0.176. The van der Waals surface area contributed by atoms with Gasteiger partial charge in [-0.05, 0) is 17.7 Å². The summed E-state index contributed by atoms with van der Waals surface area (Å²) < 4.78 is 48.2. The molecule has 0 unspecified atom stereocenters. The van der Waals surface area contributed by atoms with Crippen molar-refractivity contribution in [3.8, 4) is 17.6 Å². The number of nitrogens with zero attached hydrogens (tertiary/aromatic N) is 1. The first-order valence-corrected chi connectivity index (χ1v) is 7.27. The molecule has 0 radical (unpaired) electrons. The van der Waals surface area contributed by atoms with Gasteiger partial charge in [0.2, 0.25) is 0 Å². The zero-order valence-corrected chi connectivity index (χ0v) is 13.6. The van der Waals surface area contributed by atoms with E-state index in [-0.39, 0.29) is 34.1 Å². The molecule has 0 atom stereocenters. The average Bonchev–Trinajstić information content (AvgIpc) is 2.55. The van der Waals surface area contributed by atoms with Crippen molar-refractivity contribution in [2.75, 3.05) is 7.11 Å². The summed E-state index contributed by atoms with van der Waals surface area (Å²) in [5.74, 6) is -0.842. The van der Waals surface area contributed by atoms with Crippen molar-refractivity contribution >= 4 is 17.6 Å². The summed E-state index contributed by atoms with van der Waals surface area (Å²) in [5, 5.41) is 8.86. The van der Waals surface area contributed by atoms with Crippen LogP contribution in [0, 0.1) is 11.3 Å². The fourth-order valence-corrected chi connectivity index (χ4v) is 2.31. The highest BCUT2D eigenvalue weighted by Gasteiger charge is 2.30. The van der Waals surface area contributed by atoms with Crippen LogP contribution in [-0.2, 0) is 17.4 Å². The molecule has 0 N–H and O–H groups in total. The Morgan fingerprint density at radius 1 is 1.28 bits per heavy atom. The summed E-state index contributed by atoms with van der Waals surface area (Å²) in [6, 6.07) is 8.87. The molecule has 0 aromatic heterocycles. The van der Waals surface area contributed by atoms with Gasteiger partial charge in [0.1, 0.15) is 0 Å². The van der Waals surface area contributed by atoms with Crippen molar-refractivity contribution in [2.24, 2.45) is 0 Å². The molecule has 130 valence electrons. The SMILES string of the molecule is COc1cc(C#N)cc(Cl)c1OC(=O)Cc1cccc(C(F)(F)F)c1. The van der Waals surface area contributed by atoms with Crippen LogP contribution in [0.5, 0.6) is 11.5 Å². The van der Waals surface area contributed by atoms with E-state index < -0.39 is 17.7 Å². The van der Waals surface area contributed by atoms with E-state index in [0.717, 1.165) is 12.1 Å². The van der Waals surface area contributed by atoms with E-state index in [9.17, 15) is 18.0 Å². The highest BCUT2D eigenvalue weighted by molar-refractivity contribution is 6.32. The first-order valence-electron chi connectivity index (χ1n) is 6.89. The van der Waals surface area contributed by atoms with E-state index in [2.05, 4.69) is 0 Å². The zero-order chi connectivity index (χ0) is 18.6. The van der Waals surface area contributed by atoms with E-state index in [1.165, 1.54) is 31.4 Å². The highest BCUT2D eigenvalue weighted by atomic mass is 35.5. The van der Waals surface area contributed by atoms with Gasteiger partial charge >= 0.3 is 12.1 Å². The molecule has 0 aliphatic rings. The lowest BCUT2D eigenvalue weighted by molar-refractivity contribution is -0.138. The van der Waals surface area contributed by atoms with E-state index in [0.29, 0.717) is 0 Å². The van der Waals surface area contributed by atoms with Gasteiger partial charge in [0.15, 0.2) is 11.5 Å². The van der Waals surface area contributed by atoms with Crippen LogP contribution in [0.1, 0.15) is 16.7 Å². The summed E-state index contributed by atoms with van der Waals surface area (Å²) >= 11 is 5.97. The Hall–Kier alpha value is -2.72. The Labute approximate surface area is 146 Å². The third-order valence-corrected chi connectivity index (χ3v) is 3.46. The topological polar surface area (TPSA) is 59.3 Å². The highest BCUT2D eigenvalue weighted by Crippen LogP contribution is 2.36. The van der Waals surface area contributed by atoms with Crippen LogP contribution in [0.4, 0.5) is 13.2 Å². The number of carbonyl (C=O) groups excluding carboxylic acids is 1. The van der Waals surface area contributed by atoms with Crippen LogP contribution in [0.25, 0.3) is 0 Å².